The molecule has 0 spiro atoms. The lowest BCUT2D eigenvalue weighted by atomic mass is 10.1. The number of hydrogen-bond acceptors (Lipinski definition) is 10. The Hall–Kier alpha value is -3.76. The van der Waals surface area contributed by atoms with Crippen molar-refractivity contribution in [3.8, 4) is 11.1 Å². The van der Waals surface area contributed by atoms with Crippen molar-refractivity contribution in [2.45, 2.75) is 13.0 Å². The third-order valence-corrected chi connectivity index (χ3v) is 7.20. The van der Waals surface area contributed by atoms with E-state index in [1.54, 1.807) is 25.3 Å². The normalized spacial score (nSPS) is 17.6. The molecule has 1 atom stereocenters. The Morgan fingerprint density at radius 2 is 1.97 bits per heavy atom. The van der Waals surface area contributed by atoms with Crippen LogP contribution in [0.1, 0.15) is 6.92 Å². The fraction of sp³-hybridized carbons (Fsp3) is 0.280. The van der Waals surface area contributed by atoms with Gasteiger partial charge in [0, 0.05) is 48.5 Å². The molecule has 0 aliphatic carbocycles. The summed E-state index contributed by atoms with van der Waals surface area (Å²) in [6.45, 7) is 4.93. The molecule has 4 aromatic rings. The number of rotatable bonds is 6. The van der Waals surface area contributed by atoms with Crippen LogP contribution < -0.4 is 20.5 Å². The van der Waals surface area contributed by atoms with E-state index in [0.717, 1.165) is 22.6 Å². The minimum atomic E-state index is -0.0821. The number of anilines is 4. The molecule has 0 saturated carbocycles. The maximum atomic E-state index is 12.7. The van der Waals surface area contributed by atoms with Crippen molar-refractivity contribution in [3.05, 3.63) is 58.2 Å². The van der Waals surface area contributed by atoms with E-state index in [1.165, 1.54) is 11.3 Å². The molecule has 0 bridgehead atoms. The van der Waals surface area contributed by atoms with Gasteiger partial charge >= 0.3 is 0 Å². The number of morpholine rings is 1. The van der Waals surface area contributed by atoms with E-state index in [-0.39, 0.29) is 17.3 Å². The van der Waals surface area contributed by atoms with Crippen molar-refractivity contribution in [1.82, 2.24) is 9.97 Å². The van der Waals surface area contributed by atoms with Crippen LogP contribution in [0.3, 0.4) is 0 Å². The summed E-state index contributed by atoms with van der Waals surface area (Å²) >= 11 is 1.40. The molecule has 2 aliphatic rings. The van der Waals surface area contributed by atoms with E-state index in [0.29, 0.717) is 55.0 Å². The van der Waals surface area contributed by atoms with Crippen LogP contribution in [-0.4, -0.2) is 54.6 Å². The fourth-order valence-electron chi connectivity index (χ4n) is 4.24. The van der Waals surface area contributed by atoms with Crippen molar-refractivity contribution in [1.29, 1.82) is 0 Å². The third-order valence-electron chi connectivity index (χ3n) is 6.22. The molecule has 2 saturated heterocycles. The molecule has 1 unspecified atom stereocenters. The monoisotopic (exact) mass is 489 g/mol. The average Bonchev–Trinajstić information content (AvgIpc) is 3.58. The van der Waals surface area contributed by atoms with Gasteiger partial charge in [0.05, 0.1) is 13.2 Å². The van der Waals surface area contributed by atoms with Gasteiger partial charge in [-0.2, -0.15) is 4.98 Å². The van der Waals surface area contributed by atoms with Gasteiger partial charge in [-0.3, -0.25) is 9.59 Å². The quantitative estimate of drug-likeness (QED) is 0.407. The number of ether oxygens (including phenoxy) is 1. The highest BCUT2D eigenvalue weighted by Crippen LogP contribution is 2.35. The molecule has 9 nitrogen and oxygen atoms in total. The zero-order chi connectivity index (χ0) is 23.9. The van der Waals surface area contributed by atoms with Crippen LogP contribution in [0.15, 0.2) is 57.2 Å². The van der Waals surface area contributed by atoms with Gasteiger partial charge in [0.1, 0.15) is 16.6 Å². The highest BCUT2D eigenvalue weighted by molar-refractivity contribution is 7.17. The second-order valence-electron chi connectivity index (χ2n) is 8.58. The van der Waals surface area contributed by atoms with Crippen molar-refractivity contribution < 1.29 is 13.9 Å². The number of ketones is 1. The van der Waals surface area contributed by atoms with E-state index in [4.69, 9.17) is 9.15 Å². The first-order chi connectivity index (χ1) is 17.1. The first-order valence-corrected chi connectivity index (χ1v) is 12.3. The Bertz CT molecular complexity index is 1460. The highest BCUT2D eigenvalue weighted by atomic mass is 32.1. The summed E-state index contributed by atoms with van der Waals surface area (Å²) in [5.74, 6) is 1.92. The van der Waals surface area contributed by atoms with Gasteiger partial charge in [-0.05, 0) is 30.7 Å². The largest absolute Gasteiger partial charge is 0.439 e. The summed E-state index contributed by atoms with van der Waals surface area (Å²) in [5.41, 5.74) is 3.25. The highest BCUT2D eigenvalue weighted by Gasteiger charge is 2.39. The van der Waals surface area contributed by atoms with Gasteiger partial charge in [0.25, 0.3) is 0 Å². The molecule has 0 amide bonds. The minimum Gasteiger partial charge on any atom is -0.439 e. The Morgan fingerprint density at radius 1 is 1.17 bits per heavy atom. The van der Waals surface area contributed by atoms with E-state index in [1.807, 2.05) is 39.4 Å². The fourth-order valence-corrected chi connectivity index (χ4v) is 5.15. The van der Waals surface area contributed by atoms with Crippen LogP contribution in [0.5, 0.6) is 0 Å². The first kappa shape index (κ1) is 21.8. The van der Waals surface area contributed by atoms with Crippen LogP contribution >= 0.6 is 11.3 Å². The number of nitrogens with zero attached hydrogens (tertiary/aromatic N) is 4. The predicted molar refractivity (Wildman–Crippen MR) is 136 cm³/mol. The van der Waals surface area contributed by atoms with Crippen molar-refractivity contribution >= 4 is 50.7 Å². The van der Waals surface area contributed by atoms with Gasteiger partial charge in [0.2, 0.25) is 11.4 Å². The first-order valence-electron chi connectivity index (χ1n) is 11.4. The molecule has 3 aromatic heterocycles. The molecule has 2 aliphatic heterocycles. The number of fused-ring (bicyclic) bond motifs is 1. The summed E-state index contributed by atoms with van der Waals surface area (Å²) in [6.07, 6.45) is 1.68. The van der Waals surface area contributed by atoms with Crippen molar-refractivity contribution in [2.24, 2.45) is 0 Å². The van der Waals surface area contributed by atoms with Crippen LogP contribution in [-0.2, 0) is 9.53 Å². The molecule has 2 fully saturated rings. The van der Waals surface area contributed by atoms with Crippen LogP contribution in [0.2, 0.25) is 0 Å². The maximum absolute atomic E-state index is 12.7. The molecule has 0 radical (unpaired) electrons. The number of nitrogens with one attached hydrogen (secondary N) is 1. The molecule has 1 N–H and O–H groups in total. The van der Waals surface area contributed by atoms with Crippen LogP contribution in [0.25, 0.3) is 21.4 Å². The second kappa shape index (κ2) is 8.79. The number of carbonyl (C=O) groups is 1. The molecule has 178 valence electrons. The number of carbonyl (C=O) groups excluding carboxylic acids is 1. The lowest BCUT2D eigenvalue weighted by Crippen LogP contribution is -2.36. The molecular weight excluding hydrogens is 466 g/mol. The van der Waals surface area contributed by atoms with Gasteiger partial charge in [0.15, 0.2) is 17.3 Å². The molecule has 6 rings (SSSR count). The molecule has 1 aromatic carbocycles. The lowest BCUT2D eigenvalue weighted by molar-refractivity contribution is -0.116. The standard InChI is InChI=1S/C25H23N5O4S/c1-15(31)19-13-30(19)21-6-7-26-25(28-21)27-17-4-2-16(3-5-17)18-14-35-24-20(32)12-22(34-23(18)24)29-8-10-33-11-9-29/h2-7,12,14,19H,8-11,13H2,1H3,(H,26,27,28). The van der Waals surface area contributed by atoms with Crippen LogP contribution in [0, 0.1) is 0 Å². The molecular formula is C25H23N5O4S. The maximum Gasteiger partial charge on any atom is 0.229 e. The topological polar surface area (TPSA) is 101 Å². The van der Waals surface area contributed by atoms with Crippen LogP contribution in [0.4, 0.5) is 23.3 Å². The Balaban J connectivity index is 1.24. The zero-order valence-electron chi connectivity index (χ0n) is 19.1. The summed E-state index contributed by atoms with van der Waals surface area (Å²) in [7, 11) is 0. The van der Waals surface area contributed by atoms with Gasteiger partial charge in [-0.1, -0.05) is 12.1 Å². The van der Waals surface area contributed by atoms with E-state index < -0.39 is 0 Å². The van der Waals surface area contributed by atoms with E-state index in [2.05, 4.69) is 15.3 Å². The smallest absolute Gasteiger partial charge is 0.229 e. The zero-order valence-corrected chi connectivity index (χ0v) is 19.9. The SMILES string of the molecule is CC(=O)C1CN1c1ccnc(Nc2ccc(-c3csc4c(=O)cc(N5CCOCC5)oc34)cc2)n1. The Kier molecular flexibility index (Phi) is 5.46. The second-order valence-corrected chi connectivity index (χ2v) is 9.46. The number of hydrogen-bond donors (Lipinski definition) is 1. The molecule has 10 heteroatoms. The number of thiophene rings is 1. The number of benzene rings is 1. The van der Waals surface area contributed by atoms with E-state index >= 15 is 0 Å². The summed E-state index contributed by atoms with van der Waals surface area (Å²) < 4.78 is 12.2. The molecule has 35 heavy (non-hydrogen) atoms. The Labute approximate surface area is 205 Å². The summed E-state index contributed by atoms with van der Waals surface area (Å²) in [6, 6.07) is 11.1. The van der Waals surface area contributed by atoms with Crippen molar-refractivity contribution in [2.75, 3.05) is 48.0 Å². The third kappa shape index (κ3) is 4.26. The van der Waals surface area contributed by atoms with Gasteiger partial charge < -0.3 is 24.3 Å². The van der Waals surface area contributed by atoms with Crippen molar-refractivity contribution in [3.63, 3.8) is 0 Å². The lowest BCUT2D eigenvalue weighted by Gasteiger charge is -2.27. The minimum absolute atomic E-state index is 0.0299. The number of Topliss-reactive ketones (excluding diaryl/α,β-unsaturated/α-hetero) is 1. The predicted octanol–water partition coefficient (Wildman–Crippen LogP) is 3.67. The van der Waals surface area contributed by atoms with Gasteiger partial charge in [-0.25, -0.2) is 4.98 Å². The number of aromatic nitrogens is 2. The van der Waals surface area contributed by atoms with E-state index in [9.17, 15) is 9.59 Å². The summed E-state index contributed by atoms with van der Waals surface area (Å²) in [4.78, 5) is 37.1. The molecule has 5 heterocycles. The Morgan fingerprint density at radius 3 is 2.71 bits per heavy atom. The summed E-state index contributed by atoms with van der Waals surface area (Å²) in [5, 5.41) is 5.18. The average molecular weight is 490 g/mol. The van der Waals surface area contributed by atoms with Gasteiger partial charge in [-0.15, -0.1) is 11.3 Å².